The minimum atomic E-state index is -5.02. The van der Waals surface area contributed by atoms with E-state index < -0.39 is 59.3 Å². The third-order valence-corrected chi connectivity index (χ3v) is 10.5. The molecule has 158 valence electrons. The molecule has 0 aromatic carbocycles. The lowest BCUT2D eigenvalue weighted by Crippen LogP contribution is -2.42. The molecule has 0 radical (unpaired) electrons. The molecule has 3 aliphatic heterocycles. The number of aliphatic hydroxyl groups excluding tert-OH is 2. The molecule has 1 amide bonds. The molecule has 28 heavy (non-hydrogen) atoms. The topological polar surface area (TPSA) is 202 Å². The predicted molar refractivity (Wildman–Crippen MR) is 92.3 cm³/mol. The fourth-order valence-electron chi connectivity index (χ4n) is 2.47. The van der Waals surface area contributed by atoms with Crippen molar-refractivity contribution in [1.29, 1.82) is 0 Å². The number of carbonyl (C=O) groups excluding carboxylic acids is 1. The Kier molecular flexibility index (Phi) is 6.05. The van der Waals surface area contributed by atoms with Gasteiger partial charge < -0.3 is 39.9 Å². The third kappa shape index (κ3) is 4.79. The molecule has 2 saturated heterocycles. The summed E-state index contributed by atoms with van der Waals surface area (Å²) in [6.45, 7) is -1.41. The highest BCUT2D eigenvalue weighted by molar-refractivity contribution is 8.11. The van der Waals surface area contributed by atoms with Gasteiger partial charge in [-0.25, -0.2) is 17.8 Å². The molecule has 0 bridgehead atoms. The van der Waals surface area contributed by atoms with Gasteiger partial charge in [0.1, 0.15) is 30.2 Å². The first-order valence-corrected chi connectivity index (χ1v) is 12.9. The Labute approximate surface area is 162 Å². The minimum absolute atomic E-state index is 0.0392. The van der Waals surface area contributed by atoms with Crippen molar-refractivity contribution in [2.75, 3.05) is 6.61 Å². The summed E-state index contributed by atoms with van der Waals surface area (Å²) in [5, 5.41) is 25.3. The summed E-state index contributed by atoms with van der Waals surface area (Å²) in [5.74, 6) is -0.414. The summed E-state index contributed by atoms with van der Waals surface area (Å²) < 4.78 is 46.1. The second-order valence-corrected chi connectivity index (χ2v) is 12.0. The number of nitrogens with one attached hydrogen (secondary N) is 2. The van der Waals surface area contributed by atoms with Crippen LogP contribution in [0, 0.1) is 0 Å². The summed E-state index contributed by atoms with van der Waals surface area (Å²) in [6, 6.07) is 0. The van der Waals surface area contributed by atoms with Gasteiger partial charge in [0.05, 0.1) is 12.2 Å². The van der Waals surface area contributed by atoms with Gasteiger partial charge in [-0.05, 0) is 11.8 Å². The zero-order valence-corrected chi connectivity index (χ0v) is 17.1. The number of carbonyl (C=O) groups is 1. The van der Waals surface area contributed by atoms with Gasteiger partial charge in [-0.1, -0.05) is 6.58 Å². The second kappa shape index (κ2) is 7.64. The van der Waals surface area contributed by atoms with Crippen molar-refractivity contribution < 1.29 is 56.1 Å². The van der Waals surface area contributed by atoms with Gasteiger partial charge in [-0.2, -0.15) is 4.31 Å². The number of rotatable bonds is 4. The number of aliphatic hydroxyl groups is 2. The zero-order chi connectivity index (χ0) is 20.9. The van der Waals surface area contributed by atoms with Gasteiger partial charge in [0.2, 0.25) is 0 Å². The smallest absolute Gasteiger partial charge is 0.387 e. The predicted octanol–water partition coefficient (Wildman–Crippen LogP) is -0.945. The van der Waals surface area contributed by atoms with Gasteiger partial charge in [-0.15, -0.1) is 0 Å². The maximum absolute atomic E-state index is 12.0. The highest BCUT2D eigenvalue weighted by Crippen LogP contribution is 2.80. The largest absolute Gasteiger partial charge is 0.488 e. The van der Waals surface area contributed by atoms with Crippen LogP contribution in [0.1, 0.15) is 0 Å². The Morgan fingerprint density at radius 1 is 1.18 bits per heavy atom. The van der Waals surface area contributed by atoms with Gasteiger partial charge in [-0.3, -0.25) is 4.79 Å². The van der Waals surface area contributed by atoms with Crippen LogP contribution in [0.4, 0.5) is 0 Å². The lowest BCUT2D eigenvalue weighted by molar-refractivity contribution is -0.119. The van der Waals surface area contributed by atoms with Crippen molar-refractivity contribution in [3.63, 3.8) is 0 Å². The molecule has 6 atom stereocenters. The van der Waals surface area contributed by atoms with Gasteiger partial charge >= 0.3 is 22.4 Å². The van der Waals surface area contributed by atoms with Crippen molar-refractivity contribution in [3.05, 3.63) is 24.2 Å². The van der Waals surface area contributed by atoms with Crippen molar-refractivity contribution in [2.24, 2.45) is 0 Å². The van der Waals surface area contributed by atoms with Crippen molar-refractivity contribution in [1.82, 2.24) is 10.6 Å². The van der Waals surface area contributed by atoms with E-state index in [1.165, 1.54) is 6.20 Å². The van der Waals surface area contributed by atoms with E-state index in [9.17, 15) is 33.9 Å². The molecule has 0 spiro atoms. The molecular weight excluding hydrogens is 465 g/mol. The molecule has 3 aliphatic rings. The lowest BCUT2D eigenvalue weighted by atomic mass is 10.0. The Hall–Kier alpha value is -0.500. The summed E-state index contributed by atoms with van der Waals surface area (Å²) in [7, 11) is -10.0. The van der Waals surface area contributed by atoms with E-state index in [1.807, 2.05) is 0 Å². The number of phosphoric acid groups is 2. The molecule has 3 unspecified atom stereocenters. The zero-order valence-electron chi connectivity index (χ0n) is 13.6. The highest BCUT2D eigenvalue weighted by Gasteiger charge is 2.52. The van der Waals surface area contributed by atoms with Gasteiger partial charge in [0.25, 0.3) is 5.91 Å². The van der Waals surface area contributed by atoms with E-state index in [0.717, 1.165) is 0 Å². The summed E-state index contributed by atoms with van der Waals surface area (Å²) >= 11 is 4.75. The molecule has 0 aliphatic carbocycles. The van der Waals surface area contributed by atoms with Crippen LogP contribution < -0.4 is 10.6 Å². The van der Waals surface area contributed by atoms with Gasteiger partial charge in [0, 0.05) is 6.20 Å². The minimum Gasteiger partial charge on any atom is -0.387 e. The Bertz CT molecular complexity index is 850. The number of amides is 1. The molecule has 6 N–H and O–H groups in total. The van der Waals surface area contributed by atoms with Crippen LogP contribution in [0.2, 0.25) is 0 Å². The first-order valence-electron chi connectivity index (χ1n) is 7.33. The molecule has 18 heteroatoms. The standard InChI is InChI=1S/C10H15N2O12P3S/c1-4-11-2-5(10(15)12-4)9-8(14)7(13)6(21-9)3-20-27(28)23-25(16,17)22-26(18,19)24-27/h2,6-9,11,13-14H,1,3H2,(H,12,15)(H,16,17)(H,18,19)/t6-,7?,8+,9+/m1/s1. The van der Waals surface area contributed by atoms with Crippen LogP contribution in [0.5, 0.6) is 0 Å². The van der Waals surface area contributed by atoms with Crippen LogP contribution in [0.15, 0.2) is 24.2 Å². The van der Waals surface area contributed by atoms with Crippen molar-refractivity contribution >= 4 is 40.1 Å². The molecule has 3 heterocycles. The maximum Gasteiger partial charge on any atom is 0.488 e. The van der Waals surface area contributed by atoms with Crippen LogP contribution in [0.25, 0.3) is 0 Å². The normalized spacial score (nSPS) is 46.6. The van der Waals surface area contributed by atoms with Crippen LogP contribution in [-0.4, -0.2) is 56.9 Å². The third-order valence-electron chi connectivity index (χ3n) is 3.61. The average Bonchev–Trinajstić information content (AvgIpc) is 2.78. The molecule has 0 aromatic rings. The van der Waals surface area contributed by atoms with Crippen molar-refractivity contribution in [2.45, 2.75) is 24.4 Å². The van der Waals surface area contributed by atoms with E-state index in [-0.39, 0.29) is 11.4 Å². The van der Waals surface area contributed by atoms with Crippen molar-refractivity contribution in [3.8, 4) is 0 Å². The Morgan fingerprint density at radius 2 is 1.79 bits per heavy atom. The van der Waals surface area contributed by atoms with Crippen LogP contribution in [-0.2, 0) is 47.9 Å². The quantitative estimate of drug-likeness (QED) is 0.269. The molecule has 2 fully saturated rings. The number of hydrogen-bond donors (Lipinski definition) is 6. The van der Waals surface area contributed by atoms with Crippen LogP contribution >= 0.6 is 22.4 Å². The van der Waals surface area contributed by atoms with E-state index in [2.05, 4.69) is 30.1 Å². The maximum atomic E-state index is 12.0. The molecular formula is C10H15N2O12P3S. The second-order valence-electron chi connectivity index (χ2n) is 5.68. The molecule has 3 rings (SSSR count). The fourth-order valence-corrected chi connectivity index (χ4v) is 9.10. The van der Waals surface area contributed by atoms with Crippen LogP contribution in [0.3, 0.4) is 0 Å². The number of ether oxygens (including phenoxy) is 1. The highest BCUT2D eigenvalue weighted by atomic mass is 32.5. The summed E-state index contributed by atoms with van der Waals surface area (Å²) in [6.07, 6.45) is -4.41. The Morgan fingerprint density at radius 3 is 2.36 bits per heavy atom. The first kappa shape index (κ1) is 22.2. The molecule has 0 saturated carbocycles. The first-order chi connectivity index (χ1) is 12.8. The van der Waals surface area contributed by atoms with E-state index >= 15 is 0 Å². The SMILES string of the molecule is C=C1NC=C([C@@H]2O[C@H](COP3(=S)OP(=O)(O)OP(=O)(O)O3)C(O)[C@@H]2O)C(=O)N1. The molecule has 14 nitrogen and oxygen atoms in total. The average molecular weight is 480 g/mol. The van der Waals surface area contributed by atoms with Gasteiger partial charge in [0.15, 0.2) is 0 Å². The summed E-state index contributed by atoms with van der Waals surface area (Å²) in [4.78, 5) is 30.6. The molecule has 0 aromatic heterocycles. The summed E-state index contributed by atoms with van der Waals surface area (Å²) in [5.41, 5.74) is -0.0392. The van der Waals surface area contributed by atoms with E-state index in [0.29, 0.717) is 0 Å². The number of hydrogen-bond acceptors (Lipinski definition) is 12. The lowest BCUT2D eigenvalue weighted by Gasteiger charge is -2.30. The fraction of sp³-hybridized carbons (Fsp3) is 0.500. The Balaban J connectivity index is 1.69. The van der Waals surface area contributed by atoms with E-state index in [4.69, 9.17) is 21.1 Å². The van der Waals surface area contributed by atoms with E-state index in [1.54, 1.807) is 0 Å². The monoisotopic (exact) mass is 480 g/mol.